The summed E-state index contributed by atoms with van der Waals surface area (Å²) in [5.41, 5.74) is 1.92. The van der Waals surface area contributed by atoms with Crippen molar-refractivity contribution in [2.24, 2.45) is 0 Å². The summed E-state index contributed by atoms with van der Waals surface area (Å²) in [5.74, 6) is 0.327. The molecule has 2 heterocycles. The van der Waals surface area contributed by atoms with Gasteiger partial charge in [0.15, 0.2) is 0 Å². The van der Waals surface area contributed by atoms with Gasteiger partial charge in [0.25, 0.3) is 0 Å². The number of pyridine rings is 1. The Hall–Kier alpha value is -2.57. The molecule has 8 heteroatoms. The second-order valence-electron chi connectivity index (χ2n) is 5.33. The van der Waals surface area contributed by atoms with Crippen LogP contribution in [0.5, 0.6) is 0 Å². The van der Waals surface area contributed by atoms with Crippen LogP contribution in [-0.2, 0) is 0 Å². The normalized spacial score (nSPS) is 11.8. The van der Waals surface area contributed by atoms with E-state index in [2.05, 4.69) is 20.7 Å². The van der Waals surface area contributed by atoms with Gasteiger partial charge in [-0.15, -0.1) is 0 Å². The van der Waals surface area contributed by atoms with E-state index >= 15 is 0 Å². The monoisotopic (exact) mass is 375 g/mol. The van der Waals surface area contributed by atoms with Crippen LogP contribution in [0, 0.1) is 0 Å². The number of nitrogens with zero attached hydrogens (tertiary/aromatic N) is 3. The Morgan fingerprint density at radius 2 is 1.92 bits per heavy atom. The summed E-state index contributed by atoms with van der Waals surface area (Å²) >= 11 is 11.6. The molecule has 0 spiro atoms. The fourth-order valence-electron chi connectivity index (χ4n) is 2.26. The second kappa shape index (κ2) is 7.55. The molecule has 6 nitrogen and oxygen atoms in total. The highest BCUT2D eigenvalue weighted by molar-refractivity contribution is 6.41. The molecule has 0 radical (unpaired) electrons. The summed E-state index contributed by atoms with van der Waals surface area (Å²) in [5, 5.41) is 10.1. The van der Waals surface area contributed by atoms with Crippen molar-refractivity contribution in [3.05, 3.63) is 70.6 Å². The van der Waals surface area contributed by atoms with Crippen molar-refractivity contribution in [3.8, 4) is 5.69 Å². The van der Waals surface area contributed by atoms with E-state index in [-0.39, 0.29) is 17.2 Å². The van der Waals surface area contributed by atoms with Crippen LogP contribution in [0.3, 0.4) is 0 Å². The SMILES string of the molecule is C[C@H](NC(=O)Nc1ccc(Cl)c(Cl)n1)c1ccc(-n2cccn2)cc1. The summed E-state index contributed by atoms with van der Waals surface area (Å²) in [4.78, 5) is 16.1. The lowest BCUT2D eigenvalue weighted by molar-refractivity contribution is 0.249. The van der Waals surface area contributed by atoms with Crippen molar-refractivity contribution in [1.82, 2.24) is 20.1 Å². The lowest BCUT2D eigenvalue weighted by Crippen LogP contribution is -2.31. The molecule has 3 rings (SSSR count). The Bertz CT molecular complexity index is 865. The molecule has 2 amide bonds. The molecule has 0 bridgehead atoms. The van der Waals surface area contributed by atoms with Gasteiger partial charge in [-0.3, -0.25) is 5.32 Å². The molecule has 1 aromatic carbocycles. The number of carbonyl (C=O) groups excluding carboxylic acids is 1. The number of hydrogen-bond acceptors (Lipinski definition) is 3. The molecule has 25 heavy (non-hydrogen) atoms. The zero-order valence-electron chi connectivity index (χ0n) is 13.3. The number of carbonyl (C=O) groups is 1. The Labute approximate surface area is 154 Å². The van der Waals surface area contributed by atoms with E-state index < -0.39 is 0 Å². The van der Waals surface area contributed by atoms with Gasteiger partial charge in [-0.1, -0.05) is 35.3 Å². The number of halogens is 2. The van der Waals surface area contributed by atoms with Crippen molar-refractivity contribution in [2.45, 2.75) is 13.0 Å². The van der Waals surface area contributed by atoms with Crippen molar-refractivity contribution in [3.63, 3.8) is 0 Å². The Kier molecular flexibility index (Phi) is 5.21. The second-order valence-corrected chi connectivity index (χ2v) is 6.10. The average molecular weight is 376 g/mol. The zero-order valence-corrected chi connectivity index (χ0v) is 14.8. The molecule has 0 fully saturated rings. The number of rotatable bonds is 4. The summed E-state index contributed by atoms with van der Waals surface area (Å²) in [7, 11) is 0. The quantitative estimate of drug-likeness (QED) is 0.661. The number of benzene rings is 1. The minimum Gasteiger partial charge on any atom is -0.331 e. The first-order chi connectivity index (χ1) is 12.0. The van der Waals surface area contributed by atoms with Gasteiger partial charge in [0.2, 0.25) is 0 Å². The minimum atomic E-state index is -0.380. The lowest BCUT2D eigenvalue weighted by atomic mass is 10.1. The van der Waals surface area contributed by atoms with E-state index in [0.717, 1.165) is 11.3 Å². The van der Waals surface area contributed by atoms with E-state index in [0.29, 0.717) is 10.8 Å². The molecule has 1 atom stereocenters. The summed E-state index contributed by atoms with van der Waals surface area (Å²) in [6, 6.07) is 12.2. The van der Waals surface area contributed by atoms with E-state index in [4.69, 9.17) is 23.2 Å². The van der Waals surface area contributed by atoms with Gasteiger partial charge in [0.1, 0.15) is 11.0 Å². The van der Waals surface area contributed by atoms with Crippen molar-refractivity contribution < 1.29 is 4.79 Å². The van der Waals surface area contributed by atoms with Crippen LogP contribution in [0.4, 0.5) is 10.6 Å². The Morgan fingerprint density at radius 1 is 1.16 bits per heavy atom. The maximum atomic E-state index is 12.1. The molecular weight excluding hydrogens is 361 g/mol. The number of anilines is 1. The Balaban J connectivity index is 1.62. The topological polar surface area (TPSA) is 71.8 Å². The standard InChI is InChI=1S/C17H15Cl2N5O/c1-11(12-3-5-13(6-4-12)24-10-2-9-20-24)21-17(25)23-15-8-7-14(18)16(19)22-15/h2-11H,1H3,(H2,21,22,23,25)/t11-/m0/s1. The first kappa shape index (κ1) is 17.3. The van der Waals surface area contributed by atoms with Crippen LogP contribution < -0.4 is 10.6 Å². The Morgan fingerprint density at radius 3 is 2.56 bits per heavy atom. The smallest absolute Gasteiger partial charge is 0.320 e. The molecule has 128 valence electrons. The van der Waals surface area contributed by atoms with Gasteiger partial charge in [-0.2, -0.15) is 5.10 Å². The molecule has 0 aliphatic rings. The van der Waals surface area contributed by atoms with Crippen molar-refractivity contribution in [1.29, 1.82) is 0 Å². The molecular formula is C17H15Cl2N5O. The average Bonchev–Trinajstić information content (AvgIpc) is 3.13. The van der Waals surface area contributed by atoms with Crippen LogP contribution in [0.2, 0.25) is 10.2 Å². The number of urea groups is 1. The third-order valence-electron chi connectivity index (χ3n) is 3.55. The van der Waals surface area contributed by atoms with Crippen molar-refractivity contribution in [2.75, 3.05) is 5.32 Å². The maximum absolute atomic E-state index is 12.1. The maximum Gasteiger partial charge on any atom is 0.320 e. The van der Waals surface area contributed by atoms with Gasteiger partial charge in [-0.05, 0) is 42.8 Å². The number of amides is 2. The largest absolute Gasteiger partial charge is 0.331 e. The third-order valence-corrected chi connectivity index (χ3v) is 4.24. The summed E-state index contributed by atoms with van der Waals surface area (Å²) < 4.78 is 1.77. The van der Waals surface area contributed by atoms with Crippen LogP contribution in [0.25, 0.3) is 5.69 Å². The predicted octanol–water partition coefficient (Wildman–Crippen LogP) is 4.46. The number of aromatic nitrogens is 3. The highest BCUT2D eigenvalue weighted by Gasteiger charge is 2.11. The fraction of sp³-hybridized carbons (Fsp3) is 0.118. The molecule has 2 aromatic heterocycles. The van der Waals surface area contributed by atoms with Gasteiger partial charge >= 0.3 is 6.03 Å². The van der Waals surface area contributed by atoms with Gasteiger partial charge < -0.3 is 5.32 Å². The van der Waals surface area contributed by atoms with Crippen molar-refractivity contribution >= 4 is 35.1 Å². The van der Waals surface area contributed by atoms with Gasteiger partial charge in [-0.25, -0.2) is 14.5 Å². The zero-order chi connectivity index (χ0) is 17.8. The molecule has 0 saturated carbocycles. The summed E-state index contributed by atoms with van der Waals surface area (Å²) in [6.07, 6.45) is 3.59. The number of hydrogen-bond donors (Lipinski definition) is 2. The van der Waals surface area contributed by atoms with E-state index in [9.17, 15) is 4.79 Å². The van der Waals surface area contributed by atoms with E-state index in [1.54, 1.807) is 23.0 Å². The molecule has 0 unspecified atom stereocenters. The van der Waals surface area contributed by atoms with Crippen LogP contribution in [-0.4, -0.2) is 20.8 Å². The lowest BCUT2D eigenvalue weighted by Gasteiger charge is -2.15. The molecule has 2 N–H and O–H groups in total. The van der Waals surface area contributed by atoms with Crippen LogP contribution in [0.15, 0.2) is 54.9 Å². The predicted molar refractivity (Wildman–Crippen MR) is 98.4 cm³/mol. The highest BCUT2D eigenvalue weighted by atomic mass is 35.5. The van der Waals surface area contributed by atoms with Gasteiger partial charge in [0.05, 0.1) is 16.8 Å². The summed E-state index contributed by atoms with van der Waals surface area (Å²) in [6.45, 7) is 1.89. The highest BCUT2D eigenvalue weighted by Crippen LogP contribution is 2.21. The minimum absolute atomic E-state index is 0.140. The molecule has 3 aromatic rings. The fourth-order valence-corrected chi connectivity index (χ4v) is 2.52. The van der Waals surface area contributed by atoms with Crippen LogP contribution >= 0.6 is 23.2 Å². The van der Waals surface area contributed by atoms with Crippen LogP contribution in [0.1, 0.15) is 18.5 Å². The first-order valence-corrected chi connectivity index (χ1v) is 8.28. The van der Waals surface area contributed by atoms with E-state index in [1.165, 1.54) is 0 Å². The van der Waals surface area contributed by atoms with Gasteiger partial charge in [0, 0.05) is 12.4 Å². The molecule has 0 saturated heterocycles. The third kappa shape index (κ3) is 4.29. The molecule has 0 aliphatic heterocycles. The molecule has 0 aliphatic carbocycles. The number of nitrogens with one attached hydrogen (secondary N) is 2. The first-order valence-electron chi connectivity index (χ1n) is 7.52. The van der Waals surface area contributed by atoms with E-state index in [1.807, 2.05) is 43.5 Å².